The summed E-state index contributed by atoms with van der Waals surface area (Å²) < 4.78 is 62.7. The Bertz CT molecular complexity index is 1730. The molecule has 17 nitrogen and oxygen atoms in total. The third-order valence-electron chi connectivity index (χ3n) is 8.41. The molecule has 0 amide bonds. The number of esters is 5. The molecule has 2 fully saturated rings. The fourth-order valence-corrected chi connectivity index (χ4v) is 6.24. The normalized spacial score (nSPS) is 26.8. The third-order valence-corrected chi connectivity index (χ3v) is 9.14. The number of rotatable bonds is 17. The molecule has 324 valence electrons. The SMILES string of the molecule is CC(=O)OC[C@H]1O[C@@H](OC(=N)C(Cl)(Cl)Cl)[C@H](OC(C)=O)[C@@H](O[C@@H]2O[C@H](COC(=O)CCl)[C@@H](OCc3ccccc3)[C@H](OC(C)=O)[C@H]2OC(C)=O)[C@@H]1OCc1ccccc1. The van der Waals surface area contributed by atoms with E-state index in [1.807, 2.05) is 0 Å². The molecule has 10 atom stereocenters. The summed E-state index contributed by atoms with van der Waals surface area (Å²) >= 11 is 23.5. The maximum absolute atomic E-state index is 12.8. The number of nitrogens with one attached hydrogen (secondary N) is 1. The molecular weight excluding hydrogens is 868 g/mol. The van der Waals surface area contributed by atoms with Gasteiger partial charge in [0, 0.05) is 27.7 Å². The molecule has 4 rings (SSSR count). The summed E-state index contributed by atoms with van der Waals surface area (Å²) in [6.07, 6.45) is -15.4. The van der Waals surface area contributed by atoms with Crippen molar-refractivity contribution in [2.75, 3.05) is 19.1 Å². The molecule has 2 aromatic carbocycles. The molecule has 1 N–H and O–H groups in total. The van der Waals surface area contributed by atoms with E-state index in [0.717, 1.165) is 27.7 Å². The van der Waals surface area contributed by atoms with Gasteiger partial charge in [-0.25, -0.2) is 0 Å². The highest BCUT2D eigenvalue weighted by Crippen LogP contribution is 2.37. The summed E-state index contributed by atoms with van der Waals surface area (Å²) in [5.74, 6) is -5.63. The van der Waals surface area contributed by atoms with Crippen LogP contribution in [0.4, 0.5) is 0 Å². The molecule has 21 heteroatoms. The summed E-state index contributed by atoms with van der Waals surface area (Å²) in [7, 11) is 0. The smallest absolute Gasteiger partial charge is 0.320 e. The Morgan fingerprint density at radius 1 is 0.593 bits per heavy atom. The summed E-state index contributed by atoms with van der Waals surface area (Å²) in [6, 6.07) is 17.7. The van der Waals surface area contributed by atoms with Crippen LogP contribution in [0.5, 0.6) is 0 Å². The van der Waals surface area contributed by atoms with Crippen molar-refractivity contribution < 1.29 is 76.1 Å². The Labute approximate surface area is 359 Å². The van der Waals surface area contributed by atoms with E-state index in [9.17, 15) is 24.0 Å². The van der Waals surface area contributed by atoms with E-state index >= 15 is 0 Å². The highest BCUT2D eigenvalue weighted by molar-refractivity contribution is 6.76. The standard InChI is InChI=1S/C38H43Cl4NO16/c1-20(44)49-18-26-30(52-17-25-13-9-6-10-14-25)32(34(55-23(4)47)36(57-26)59-37(43)38(40,41)42)58-35-33(54-22(3)46)31(53-21(2)45)29(27(56-35)19-50-28(48)15-39)51-16-24-11-7-5-8-12-24/h5-14,26-27,29-36,43H,15-19H2,1-4H3/t26-,27-,29-,30-,31+,32+,33-,34-,35+,36+/m1/s1. The van der Waals surface area contributed by atoms with E-state index in [4.69, 9.17) is 104 Å². The molecule has 2 saturated heterocycles. The van der Waals surface area contributed by atoms with Gasteiger partial charge in [-0.3, -0.25) is 29.4 Å². The Kier molecular flexibility index (Phi) is 18.4. The van der Waals surface area contributed by atoms with E-state index in [1.165, 1.54) is 0 Å². The van der Waals surface area contributed by atoms with Crippen molar-refractivity contribution >= 4 is 82.1 Å². The van der Waals surface area contributed by atoms with Crippen molar-refractivity contribution in [2.45, 2.75) is 106 Å². The molecule has 0 radical (unpaired) electrons. The Morgan fingerprint density at radius 3 is 1.49 bits per heavy atom. The van der Waals surface area contributed by atoms with Crippen LogP contribution in [0.25, 0.3) is 0 Å². The number of ether oxygens (including phenoxy) is 11. The first kappa shape index (κ1) is 47.9. The van der Waals surface area contributed by atoms with Gasteiger partial charge in [-0.2, -0.15) is 0 Å². The summed E-state index contributed by atoms with van der Waals surface area (Å²) in [4.78, 5) is 62.6. The van der Waals surface area contributed by atoms with Crippen LogP contribution >= 0.6 is 46.4 Å². The highest BCUT2D eigenvalue weighted by Gasteiger charge is 2.57. The van der Waals surface area contributed by atoms with Crippen LogP contribution in [-0.4, -0.2) is 120 Å². The number of alkyl halides is 4. The Hall–Kier alpha value is -3.78. The lowest BCUT2D eigenvalue weighted by Crippen LogP contribution is -2.67. The molecule has 2 aliphatic heterocycles. The molecule has 0 bridgehead atoms. The number of benzene rings is 2. The molecule has 2 aliphatic rings. The fourth-order valence-electron chi connectivity index (χ4n) is 6.03. The average molecular weight is 912 g/mol. The van der Waals surface area contributed by atoms with E-state index in [0.29, 0.717) is 11.1 Å². The van der Waals surface area contributed by atoms with Crippen LogP contribution in [0.15, 0.2) is 60.7 Å². The molecule has 2 aromatic rings. The average Bonchev–Trinajstić information content (AvgIpc) is 3.17. The van der Waals surface area contributed by atoms with Crippen LogP contribution in [0, 0.1) is 5.41 Å². The zero-order chi connectivity index (χ0) is 43.3. The van der Waals surface area contributed by atoms with E-state index in [2.05, 4.69) is 0 Å². The van der Waals surface area contributed by atoms with Crippen molar-refractivity contribution in [1.82, 2.24) is 0 Å². The number of hydrogen-bond acceptors (Lipinski definition) is 17. The number of hydrogen-bond donors (Lipinski definition) is 1. The van der Waals surface area contributed by atoms with E-state index < -0.39 is 120 Å². The third kappa shape index (κ3) is 14.7. The molecule has 0 unspecified atom stereocenters. The minimum absolute atomic E-state index is 0.0687. The van der Waals surface area contributed by atoms with Gasteiger partial charge in [-0.05, 0) is 11.1 Å². The van der Waals surface area contributed by atoms with Gasteiger partial charge in [-0.15, -0.1) is 11.6 Å². The van der Waals surface area contributed by atoms with Gasteiger partial charge in [0.05, 0.1) is 13.2 Å². The second-order valence-corrected chi connectivity index (χ2v) is 15.5. The molecule has 0 spiro atoms. The second kappa shape index (κ2) is 22.7. The van der Waals surface area contributed by atoms with Crippen molar-refractivity contribution in [3.63, 3.8) is 0 Å². The minimum Gasteiger partial charge on any atom is -0.463 e. The molecule has 59 heavy (non-hydrogen) atoms. The number of halogens is 4. The van der Waals surface area contributed by atoms with E-state index in [-0.39, 0.29) is 13.2 Å². The van der Waals surface area contributed by atoms with Crippen molar-refractivity contribution in [3.05, 3.63) is 71.8 Å². The van der Waals surface area contributed by atoms with Crippen LogP contribution in [0.2, 0.25) is 0 Å². The van der Waals surface area contributed by atoms with Gasteiger partial charge in [0.25, 0.3) is 3.79 Å². The quantitative estimate of drug-likeness (QED) is 0.0762. The van der Waals surface area contributed by atoms with Crippen LogP contribution < -0.4 is 0 Å². The van der Waals surface area contributed by atoms with Gasteiger partial charge in [0.15, 0.2) is 24.6 Å². The highest BCUT2D eigenvalue weighted by atomic mass is 35.6. The fraction of sp³-hybridized carbons (Fsp3) is 0.526. The lowest BCUT2D eigenvalue weighted by Gasteiger charge is -2.49. The van der Waals surface area contributed by atoms with Crippen molar-refractivity contribution in [1.29, 1.82) is 5.41 Å². The van der Waals surface area contributed by atoms with E-state index in [1.54, 1.807) is 60.7 Å². The maximum atomic E-state index is 12.8. The lowest BCUT2D eigenvalue weighted by atomic mass is 9.95. The van der Waals surface area contributed by atoms with Gasteiger partial charge < -0.3 is 52.1 Å². The molecule has 0 saturated carbocycles. The Morgan fingerprint density at radius 2 is 1.03 bits per heavy atom. The van der Waals surface area contributed by atoms with Crippen molar-refractivity contribution in [2.24, 2.45) is 0 Å². The zero-order valence-electron chi connectivity index (χ0n) is 32.1. The first-order chi connectivity index (χ1) is 28.0. The Balaban J connectivity index is 1.86. The second-order valence-electron chi connectivity index (χ2n) is 13.0. The maximum Gasteiger partial charge on any atom is 0.320 e. The molecule has 2 heterocycles. The summed E-state index contributed by atoms with van der Waals surface area (Å²) in [5, 5.41) is 8.30. The van der Waals surface area contributed by atoms with Crippen LogP contribution in [0.3, 0.4) is 0 Å². The summed E-state index contributed by atoms with van der Waals surface area (Å²) in [6.45, 7) is 3.17. The van der Waals surface area contributed by atoms with Gasteiger partial charge in [0.2, 0.25) is 12.2 Å². The largest absolute Gasteiger partial charge is 0.463 e. The molecule has 0 aliphatic carbocycles. The predicted molar refractivity (Wildman–Crippen MR) is 206 cm³/mol. The van der Waals surface area contributed by atoms with Crippen LogP contribution in [0.1, 0.15) is 38.8 Å². The lowest BCUT2D eigenvalue weighted by molar-refractivity contribution is -0.362. The monoisotopic (exact) mass is 909 g/mol. The van der Waals surface area contributed by atoms with Crippen molar-refractivity contribution in [3.8, 4) is 0 Å². The van der Waals surface area contributed by atoms with Gasteiger partial charge in [-0.1, -0.05) is 95.5 Å². The van der Waals surface area contributed by atoms with Crippen LogP contribution in [-0.2, 0) is 89.3 Å². The minimum atomic E-state index is -2.43. The first-order valence-corrected chi connectivity index (χ1v) is 19.6. The number of carbonyl (C=O) groups is 5. The summed E-state index contributed by atoms with van der Waals surface area (Å²) in [5.41, 5.74) is 1.36. The number of carbonyl (C=O) groups excluding carboxylic acids is 5. The first-order valence-electron chi connectivity index (χ1n) is 17.9. The topological polar surface area (TPSA) is 211 Å². The molecular formula is C38H43Cl4NO16. The predicted octanol–water partition coefficient (Wildman–Crippen LogP) is 4.50. The zero-order valence-corrected chi connectivity index (χ0v) is 35.2. The molecule has 0 aromatic heterocycles. The van der Waals surface area contributed by atoms with Gasteiger partial charge >= 0.3 is 29.8 Å². The van der Waals surface area contributed by atoms with Gasteiger partial charge in [0.1, 0.15) is 49.6 Å².